The molecule has 152 valence electrons. The number of hydrogen-bond donors (Lipinski definition) is 2. The summed E-state index contributed by atoms with van der Waals surface area (Å²) >= 11 is 1.54. The van der Waals surface area contributed by atoms with Crippen LogP contribution in [0.25, 0.3) is 0 Å². The molecule has 1 saturated heterocycles. The molecule has 0 atom stereocenters. The lowest BCUT2D eigenvalue weighted by molar-refractivity contribution is -0.141. The number of carbonyl (C=O) groups is 4. The highest BCUT2D eigenvalue weighted by Gasteiger charge is 2.51. The van der Waals surface area contributed by atoms with Gasteiger partial charge in [0.05, 0.1) is 13.1 Å². The first-order valence-corrected chi connectivity index (χ1v) is 10.5. The summed E-state index contributed by atoms with van der Waals surface area (Å²) in [7, 11) is 0. The van der Waals surface area contributed by atoms with Crippen molar-refractivity contribution in [3.63, 3.8) is 0 Å². The van der Waals surface area contributed by atoms with E-state index >= 15 is 0 Å². The van der Waals surface area contributed by atoms with E-state index < -0.39 is 17.5 Å². The molecule has 1 aromatic rings. The lowest BCUT2D eigenvalue weighted by Gasteiger charge is -2.30. The number of urea groups is 1. The largest absolute Gasteiger partial charge is 0.350 e. The second-order valence-corrected chi connectivity index (χ2v) is 8.26. The lowest BCUT2D eigenvalue weighted by atomic mass is 9.82. The number of hydrogen-bond acceptors (Lipinski definition) is 5. The van der Waals surface area contributed by atoms with Crippen LogP contribution in [0, 0.1) is 0 Å². The number of likely N-dealkylation sites (N-methyl/N-ethyl adjacent to an activating group) is 1. The predicted molar refractivity (Wildman–Crippen MR) is 104 cm³/mol. The Balaban J connectivity index is 1.55. The Bertz CT molecular complexity index is 743. The van der Waals surface area contributed by atoms with Gasteiger partial charge in [0, 0.05) is 11.4 Å². The van der Waals surface area contributed by atoms with Gasteiger partial charge in [-0.05, 0) is 31.2 Å². The minimum Gasteiger partial charge on any atom is -0.350 e. The van der Waals surface area contributed by atoms with E-state index in [1.807, 2.05) is 17.5 Å². The standard InChI is InChI=1S/C19H26N4O4S/c1-2-22(12-15(24)20-11-14-7-6-10-28-14)16(25)13-23-17(26)19(21-18(23)27)8-4-3-5-9-19/h6-7,10H,2-5,8-9,11-13H2,1H3,(H,20,24)(H,21,27). The summed E-state index contributed by atoms with van der Waals surface area (Å²) in [5.74, 6) is -1.00. The number of nitrogens with zero attached hydrogens (tertiary/aromatic N) is 2. The number of imide groups is 1. The van der Waals surface area contributed by atoms with E-state index in [1.54, 1.807) is 18.3 Å². The van der Waals surface area contributed by atoms with E-state index in [0.717, 1.165) is 29.0 Å². The molecule has 0 aromatic carbocycles. The highest BCUT2D eigenvalue weighted by atomic mass is 32.1. The maximum atomic E-state index is 12.8. The van der Waals surface area contributed by atoms with Crippen LogP contribution in [0.5, 0.6) is 0 Å². The first-order valence-electron chi connectivity index (χ1n) is 9.66. The zero-order valence-corrected chi connectivity index (χ0v) is 16.8. The van der Waals surface area contributed by atoms with Gasteiger partial charge in [-0.3, -0.25) is 19.3 Å². The fourth-order valence-electron chi connectivity index (χ4n) is 3.75. The first kappa shape index (κ1) is 20.3. The van der Waals surface area contributed by atoms with Crippen molar-refractivity contribution in [2.75, 3.05) is 19.6 Å². The molecule has 0 radical (unpaired) electrons. The van der Waals surface area contributed by atoms with Gasteiger partial charge in [0.25, 0.3) is 5.91 Å². The second kappa shape index (κ2) is 8.72. The Morgan fingerprint density at radius 2 is 2.04 bits per heavy atom. The van der Waals surface area contributed by atoms with Gasteiger partial charge in [-0.25, -0.2) is 4.79 Å². The van der Waals surface area contributed by atoms with Crippen LogP contribution in [0.2, 0.25) is 0 Å². The summed E-state index contributed by atoms with van der Waals surface area (Å²) in [6, 6.07) is 3.32. The van der Waals surface area contributed by atoms with Gasteiger partial charge in [0.2, 0.25) is 11.8 Å². The van der Waals surface area contributed by atoms with Gasteiger partial charge >= 0.3 is 6.03 Å². The van der Waals surface area contributed by atoms with Crippen LogP contribution in [0.4, 0.5) is 4.79 Å². The number of carbonyl (C=O) groups excluding carboxylic acids is 4. The van der Waals surface area contributed by atoms with Crippen molar-refractivity contribution in [1.82, 2.24) is 20.4 Å². The van der Waals surface area contributed by atoms with Gasteiger partial charge in [-0.1, -0.05) is 25.3 Å². The molecule has 5 amide bonds. The maximum Gasteiger partial charge on any atom is 0.325 e. The second-order valence-electron chi connectivity index (χ2n) is 7.23. The molecule has 0 bridgehead atoms. The van der Waals surface area contributed by atoms with Gasteiger partial charge in [0.15, 0.2) is 0 Å². The van der Waals surface area contributed by atoms with Gasteiger partial charge in [-0.2, -0.15) is 0 Å². The Morgan fingerprint density at radius 1 is 1.29 bits per heavy atom. The molecule has 1 spiro atoms. The average Bonchev–Trinajstić information content (AvgIpc) is 3.28. The Morgan fingerprint density at radius 3 is 2.68 bits per heavy atom. The van der Waals surface area contributed by atoms with Crippen LogP contribution in [-0.4, -0.2) is 58.7 Å². The number of amides is 5. The van der Waals surface area contributed by atoms with Crippen LogP contribution >= 0.6 is 11.3 Å². The topological polar surface area (TPSA) is 98.8 Å². The molecule has 3 rings (SSSR count). The molecule has 2 aliphatic rings. The summed E-state index contributed by atoms with van der Waals surface area (Å²) in [4.78, 5) is 53.3. The molecule has 1 aliphatic heterocycles. The maximum absolute atomic E-state index is 12.8. The molecule has 1 aliphatic carbocycles. The molecule has 9 heteroatoms. The molecular weight excluding hydrogens is 380 g/mol. The number of thiophene rings is 1. The van der Waals surface area contributed by atoms with E-state index in [1.165, 1.54) is 4.90 Å². The van der Waals surface area contributed by atoms with Crippen molar-refractivity contribution in [2.45, 2.75) is 51.1 Å². The molecule has 0 unspecified atom stereocenters. The van der Waals surface area contributed by atoms with Crippen molar-refractivity contribution in [2.24, 2.45) is 0 Å². The van der Waals surface area contributed by atoms with Crippen LogP contribution in [-0.2, 0) is 20.9 Å². The van der Waals surface area contributed by atoms with Gasteiger partial charge < -0.3 is 15.5 Å². The van der Waals surface area contributed by atoms with Gasteiger partial charge in [-0.15, -0.1) is 11.3 Å². The Labute approximate surface area is 168 Å². The third kappa shape index (κ3) is 4.35. The van der Waals surface area contributed by atoms with Gasteiger partial charge in [0.1, 0.15) is 12.1 Å². The smallest absolute Gasteiger partial charge is 0.325 e. The molecule has 28 heavy (non-hydrogen) atoms. The summed E-state index contributed by atoms with van der Waals surface area (Å²) in [6.45, 7) is 2.06. The summed E-state index contributed by atoms with van der Waals surface area (Å²) in [6.07, 6.45) is 4.06. The molecule has 2 N–H and O–H groups in total. The molecule has 2 heterocycles. The zero-order valence-electron chi connectivity index (χ0n) is 16.0. The van der Waals surface area contributed by atoms with Crippen molar-refractivity contribution in [1.29, 1.82) is 0 Å². The Hall–Kier alpha value is -2.42. The summed E-state index contributed by atoms with van der Waals surface area (Å²) in [5, 5.41) is 7.51. The van der Waals surface area contributed by atoms with Crippen molar-refractivity contribution < 1.29 is 19.2 Å². The average molecular weight is 407 g/mol. The third-order valence-electron chi connectivity index (χ3n) is 5.36. The molecule has 2 fully saturated rings. The fraction of sp³-hybridized carbons (Fsp3) is 0.579. The van der Waals surface area contributed by atoms with E-state index in [9.17, 15) is 19.2 Å². The Kier molecular flexibility index (Phi) is 6.33. The quantitative estimate of drug-likeness (QED) is 0.670. The van der Waals surface area contributed by atoms with Crippen LogP contribution < -0.4 is 10.6 Å². The third-order valence-corrected chi connectivity index (χ3v) is 6.23. The predicted octanol–water partition coefficient (Wildman–Crippen LogP) is 1.47. The molecule has 8 nitrogen and oxygen atoms in total. The summed E-state index contributed by atoms with van der Waals surface area (Å²) in [5.41, 5.74) is -0.843. The number of rotatable bonds is 7. The monoisotopic (exact) mass is 406 g/mol. The van der Waals surface area contributed by atoms with E-state index in [4.69, 9.17) is 0 Å². The van der Waals surface area contributed by atoms with Crippen LogP contribution in [0.15, 0.2) is 17.5 Å². The zero-order chi connectivity index (χ0) is 20.1. The molecule has 1 aromatic heterocycles. The lowest BCUT2D eigenvalue weighted by Crippen LogP contribution is -2.49. The fourth-order valence-corrected chi connectivity index (χ4v) is 4.40. The minimum absolute atomic E-state index is 0.102. The van der Waals surface area contributed by atoms with E-state index in [-0.39, 0.29) is 24.9 Å². The highest BCUT2D eigenvalue weighted by molar-refractivity contribution is 7.09. The molecular formula is C19H26N4O4S. The van der Waals surface area contributed by atoms with E-state index in [2.05, 4.69) is 10.6 Å². The minimum atomic E-state index is -0.843. The van der Waals surface area contributed by atoms with E-state index in [0.29, 0.717) is 25.9 Å². The van der Waals surface area contributed by atoms with Crippen LogP contribution in [0.1, 0.15) is 43.9 Å². The SMILES string of the molecule is CCN(CC(=O)NCc1cccs1)C(=O)CN1C(=O)NC2(CCCCC2)C1=O. The van der Waals surface area contributed by atoms with Crippen molar-refractivity contribution in [3.8, 4) is 0 Å². The molecule has 1 saturated carbocycles. The van der Waals surface area contributed by atoms with Crippen LogP contribution in [0.3, 0.4) is 0 Å². The van der Waals surface area contributed by atoms with Crippen molar-refractivity contribution >= 4 is 35.1 Å². The number of nitrogens with one attached hydrogen (secondary N) is 2. The van der Waals surface area contributed by atoms with Crippen molar-refractivity contribution in [3.05, 3.63) is 22.4 Å². The first-order chi connectivity index (χ1) is 13.4. The highest BCUT2D eigenvalue weighted by Crippen LogP contribution is 2.33. The normalized spacial score (nSPS) is 18.2. The summed E-state index contributed by atoms with van der Waals surface area (Å²) < 4.78 is 0.